The Morgan fingerprint density at radius 1 is 1.08 bits per heavy atom. The monoisotopic (exact) mass is 350 g/mol. The first-order valence-electron chi connectivity index (χ1n) is 9.06. The highest BCUT2D eigenvalue weighted by atomic mass is 19.1. The van der Waals surface area contributed by atoms with E-state index in [1.165, 1.54) is 11.6 Å². The normalized spacial score (nSPS) is 15.4. The van der Waals surface area contributed by atoms with E-state index in [0.717, 1.165) is 48.3 Å². The second kappa shape index (κ2) is 6.90. The molecule has 1 aromatic heterocycles. The Morgan fingerprint density at radius 2 is 1.88 bits per heavy atom. The third kappa shape index (κ3) is 3.21. The molecule has 0 spiro atoms. The van der Waals surface area contributed by atoms with Gasteiger partial charge in [-0.15, -0.1) is 0 Å². The SMILES string of the molecule is Cc1ccc2ncnc(N(C)C3CCN(c4cccc(F)c4)CC3)c2c1. The molecule has 0 radical (unpaired) electrons. The minimum atomic E-state index is -0.176. The summed E-state index contributed by atoms with van der Waals surface area (Å²) in [6, 6.07) is 13.6. The van der Waals surface area contributed by atoms with Crippen LogP contribution in [-0.4, -0.2) is 36.1 Å². The number of halogens is 1. The molecule has 4 rings (SSSR count). The molecule has 2 heterocycles. The van der Waals surface area contributed by atoms with E-state index in [1.54, 1.807) is 18.5 Å². The molecule has 0 aliphatic carbocycles. The van der Waals surface area contributed by atoms with E-state index in [1.807, 2.05) is 6.07 Å². The summed E-state index contributed by atoms with van der Waals surface area (Å²) in [5.41, 5.74) is 3.15. The van der Waals surface area contributed by atoms with Gasteiger partial charge in [0.2, 0.25) is 0 Å². The third-order valence-electron chi connectivity index (χ3n) is 5.29. The van der Waals surface area contributed by atoms with Crippen LogP contribution >= 0.6 is 0 Å². The van der Waals surface area contributed by atoms with Gasteiger partial charge in [0, 0.05) is 37.3 Å². The first-order valence-corrected chi connectivity index (χ1v) is 9.06. The fourth-order valence-corrected chi connectivity index (χ4v) is 3.80. The lowest BCUT2D eigenvalue weighted by atomic mass is 10.0. The Labute approximate surface area is 153 Å². The maximum Gasteiger partial charge on any atom is 0.139 e. The number of fused-ring (bicyclic) bond motifs is 1. The quantitative estimate of drug-likeness (QED) is 0.709. The predicted molar refractivity (Wildman–Crippen MR) is 104 cm³/mol. The number of aromatic nitrogens is 2. The summed E-state index contributed by atoms with van der Waals surface area (Å²) in [5.74, 6) is 0.812. The lowest BCUT2D eigenvalue weighted by molar-refractivity contribution is 0.480. The molecule has 0 saturated carbocycles. The highest BCUT2D eigenvalue weighted by Crippen LogP contribution is 2.29. The second-order valence-electron chi connectivity index (χ2n) is 7.03. The summed E-state index contributed by atoms with van der Waals surface area (Å²) in [7, 11) is 2.12. The van der Waals surface area contributed by atoms with Gasteiger partial charge in [-0.1, -0.05) is 17.7 Å². The summed E-state index contributed by atoms with van der Waals surface area (Å²) >= 11 is 0. The van der Waals surface area contributed by atoms with Crippen LogP contribution < -0.4 is 9.80 Å². The number of hydrogen-bond donors (Lipinski definition) is 0. The van der Waals surface area contributed by atoms with Gasteiger partial charge in [-0.25, -0.2) is 14.4 Å². The van der Waals surface area contributed by atoms with Crippen LogP contribution in [0.5, 0.6) is 0 Å². The molecule has 1 fully saturated rings. The Hall–Kier alpha value is -2.69. The van der Waals surface area contributed by atoms with Crippen LogP contribution in [0.25, 0.3) is 10.9 Å². The highest BCUT2D eigenvalue weighted by molar-refractivity contribution is 5.89. The smallest absolute Gasteiger partial charge is 0.139 e. The van der Waals surface area contributed by atoms with Crippen LogP contribution in [0.15, 0.2) is 48.8 Å². The van der Waals surface area contributed by atoms with Crippen LogP contribution in [-0.2, 0) is 0 Å². The molecule has 0 atom stereocenters. The Kier molecular flexibility index (Phi) is 4.45. The van der Waals surface area contributed by atoms with Crippen molar-refractivity contribution in [3.63, 3.8) is 0 Å². The number of nitrogens with zero attached hydrogens (tertiary/aromatic N) is 4. The molecule has 1 saturated heterocycles. The van der Waals surface area contributed by atoms with Gasteiger partial charge >= 0.3 is 0 Å². The summed E-state index contributed by atoms with van der Waals surface area (Å²) < 4.78 is 13.5. The molecule has 26 heavy (non-hydrogen) atoms. The Balaban J connectivity index is 1.52. The van der Waals surface area contributed by atoms with Crippen molar-refractivity contribution in [3.05, 3.63) is 60.2 Å². The molecule has 1 aliphatic rings. The van der Waals surface area contributed by atoms with Crippen molar-refractivity contribution in [1.82, 2.24) is 9.97 Å². The highest BCUT2D eigenvalue weighted by Gasteiger charge is 2.24. The van der Waals surface area contributed by atoms with Crippen molar-refractivity contribution in [2.75, 3.05) is 29.9 Å². The number of benzene rings is 2. The number of hydrogen-bond acceptors (Lipinski definition) is 4. The number of rotatable bonds is 3. The van der Waals surface area contributed by atoms with Gasteiger partial charge in [0.1, 0.15) is 18.0 Å². The van der Waals surface area contributed by atoms with Crippen molar-refractivity contribution < 1.29 is 4.39 Å². The minimum absolute atomic E-state index is 0.176. The van der Waals surface area contributed by atoms with Gasteiger partial charge in [-0.3, -0.25) is 0 Å². The first kappa shape index (κ1) is 16.8. The van der Waals surface area contributed by atoms with Gasteiger partial charge in [-0.2, -0.15) is 0 Å². The molecule has 1 aliphatic heterocycles. The van der Waals surface area contributed by atoms with Gasteiger partial charge < -0.3 is 9.80 Å². The summed E-state index contributed by atoms with van der Waals surface area (Å²) in [5, 5.41) is 1.10. The largest absolute Gasteiger partial charge is 0.371 e. The molecule has 0 bridgehead atoms. The van der Waals surface area contributed by atoms with E-state index in [4.69, 9.17) is 0 Å². The average Bonchev–Trinajstić information content (AvgIpc) is 2.67. The summed E-state index contributed by atoms with van der Waals surface area (Å²) in [6.45, 7) is 3.93. The lowest BCUT2D eigenvalue weighted by Crippen LogP contribution is -2.44. The van der Waals surface area contributed by atoms with Crippen LogP contribution in [0, 0.1) is 12.7 Å². The Morgan fingerprint density at radius 3 is 2.65 bits per heavy atom. The van der Waals surface area contributed by atoms with Crippen molar-refractivity contribution >= 4 is 22.4 Å². The van der Waals surface area contributed by atoms with Crippen LogP contribution in [0.2, 0.25) is 0 Å². The van der Waals surface area contributed by atoms with Gasteiger partial charge in [-0.05, 0) is 50.1 Å². The molecule has 3 aromatic rings. The molecule has 4 nitrogen and oxygen atoms in total. The maximum absolute atomic E-state index is 13.5. The number of piperidine rings is 1. The molecular weight excluding hydrogens is 327 g/mol. The van der Waals surface area contributed by atoms with Crippen LogP contribution in [0.4, 0.5) is 15.9 Å². The summed E-state index contributed by atoms with van der Waals surface area (Å²) in [6.07, 6.45) is 3.68. The van der Waals surface area contributed by atoms with E-state index in [2.05, 4.69) is 51.9 Å². The van der Waals surface area contributed by atoms with E-state index in [9.17, 15) is 4.39 Å². The van der Waals surface area contributed by atoms with E-state index >= 15 is 0 Å². The minimum Gasteiger partial charge on any atom is -0.371 e. The second-order valence-corrected chi connectivity index (χ2v) is 7.03. The zero-order valence-corrected chi connectivity index (χ0v) is 15.2. The molecule has 0 N–H and O–H groups in total. The maximum atomic E-state index is 13.5. The fraction of sp³-hybridized carbons (Fsp3) is 0.333. The van der Waals surface area contributed by atoms with Crippen LogP contribution in [0.1, 0.15) is 18.4 Å². The molecular formula is C21H23FN4. The average molecular weight is 350 g/mol. The zero-order chi connectivity index (χ0) is 18.1. The zero-order valence-electron chi connectivity index (χ0n) is 15.2. The number of aryl methyl sites for hydroxylation is 1. The standard InChI is InChI=1S/C21H23FN4/c1-15-6-7-20-19(12-15)21(24-14-23-20)25(2)17-8-10-26(11-9-17)18-5-3-4-16(22)13-18/h3-7,12-14,17H,8-11H2,1-2H3. The van der Waals surface area contributed by atoms with Crippen LogP contribution in [0.3, 0.4) is 0 Å². The Bertz CT molecular complexity index is 919. The van der Waals surface area contributed by atoms with Crippen molar-refractivity contribution in [2.45, 2.75) is 25.8 Å². The van der Waals surface area contributed by atoms with E-state index < -0.39 is 0 Å². The topological polar surface area (TPSA) is 32.3 Å². The van der Waals surface area contributed by atoms with Crippen molar-refractivity contribution in [2.24, 2.45) is 0 Å². The molecule has 0 unspecified atom stereocenters. The summed E-state index contributed by atoms with van der Waals surface area (Å²) in [4.78, 5) is 13.5. The molecule has 0 amide bonds. The predicted octanol–water partition coefficient (Wildman–Crippen LogP) is 4.18. The van der Waals surface area contributed by atoms with Gasteiger partial charge in [0.25, 0.3) is 0 Å². The van der Waals surface area contributed by atoms with Gasteiger partial charge in [0.05, 0.1) is 5.52 Å². The van der Waals surface area contributed by atoms with Crippen molar-refractivity contribution in [1.29, 1.82) is 0 Å². The first-order chi connectivity index (χ1) is 12.6. The third-order valence-corrected chi connectivity index (χ3v) is 5.29. The number of anilines is 2. The van der Waals surface area contributed by atoms with E-state index in [-0.39, 0.29) is 5.82 Å². The lowest BCUT2D eigenvalue weighted by Gasteiger charge is -2.38. The van der Waals surface area contributed by atoms with E-state index in [0.29, 0.717) is 6.04 Å². The van der Waals surface area contributed by atoms with Gasteiger partial charge in [0.15, 0.2) is 0 Å². The molecule has 134 valence electrons. The molecule has 2 aromatic carbocycles. The fourth-order valence-electron chi connectivity index (χ4n) is 3.80. The molecule has 5 heteroatoms. The van der Waals surface area contributed by atoms with Crippen molar-refractivity contribution in [3.8, 4) is 0 Å².